The number of rotatable bonds is 3. The van der Waals surface area contributed by atoms with Crippen molar-refractivity contribution in [3.05, 3.63) is 65.5 Å². The molecule has 0 fully saturated rings. The molecule has 3 nitrogen and oxygen atoms in total. The predicted molar refractivity (Wildman–Crippen MR) is 74.6 cm³/mol. The Balaban J connectivity index is 1.66. The van der Waals surface area contributed by atoms with Crippen molar-refractivity contribution in [2.45, 2.75) is 19.1 Å². The largest absolute Gasteiger partial charge is 0.387 e. The van der Waals surface area contributed by atoms with Crippen molar-refractivity contribution >= 4 is 0 Å². The Morgan fingerprint density at radius 2 is 2.00 bits per heavy atom. The van der Waals surface area contributed by atoms with Crippen LogP contribution in [-0.2, 0) is 13.0 Å². The number of benzene rings is 1. The normalized spacial score (nSPS) is 16.9. The molecule has 0 radical (unpaired) electrons. The van der Waals surface area contributed by atoms with Gasteiger partial charge in [-0.25, -0.2) is 0 Å². The third kappa shape index (κ3) is 2.83. The van der Waals surface area contributed by atoms with E-state index in [9.17, 15) is 5.11 Å². The molecule has 3 heteroatoms. The van der Waals surface area contributed by atoms with Crippen molar-refractivity contribution in [3.63, 3.8) is 0 Å². The highest BCUT2D eigenvalue weighted by Gasteiger charge is 2.19. The average Bonchev–Trinajstić information content (AvgIpc) is 2.48. The minimum absolute atomic E-state index is 0.459. The number of aromatic nitrogens is 1. The summed E-state index contributed by atoms with van der Waals surface area (Å²) in [7, 11) is 0. The summed E-state index contributed by atoms with van der Waals surface area (Å²) in [5.74, 6) is 0. The van der Waals surface area contributed by atoms with Crippen LogP contribution in [0.25, 0.3) is 0 Å². The lowest BCUT2D eigenvalue weighted by Crippen LogP contribution is -2.33. The zero-order chi connectivity index (χ0) is 13.1. The second kappa shape index (κ2) is 5.51. The van der Waals surface area contributed by atoms with E-state index in [0.29, 0.717) is 6.54 Å². The molecule has 0 bridgehead atoms. The quantitative estimate of drug-likeness (QED) is 0.912. The first-order chi connectivity index (χ1) is 9.33. The van der Waals surface area contributed by atoms with Crippen molar-refractivity contribution < 1.29 is 5.11 Å². The van der Waals surface area contributed by atoms with Gasteiger partial charge in [0, 0.05) is 37.6 Å². The van der Waals surface area contributed by atoms with Crippen LogP contribution in [0.3, 0.4) is 0 Å². The summed E-state index contributed by atoms with van der Waals surface area (Å²) in [4.78, 5) is 6.36. The SMILES string of the molecule is OC(CN1CCc2ccccc2C1)c1cccnc1. The molecule has 3 rings (SSSR count). The molecule has 0 amide bonds. The second-order valence-corrected chi connectivity index (χ2v) is 5.06. The first-order valence-corrected chi connectivity index (χ1v) is 6.70. The van der Waals surface area contributed by atoms with Crippen molar-refractivity contribution in [2.75, 3.05) is 13.1 Å². The van der Waals surface area contributed by atoms with Crippen LogP contribution in [-0.4, -0.2) is 28.1 Å². The molecule has 2 heterocycles. The monoisotopic (exact) mass is 254 g/mol. The Hall–Kier alpha value is -1.71. The van der Waals surface area contributed by atoms with Gasteiger partial charge >= 0.3 is 0 Å². The Morgan fingerprint density at radius 3 is 2.79 bits per heavy atom. The summed E-state index contributed by atoms with van der Waals surface area (Å²) < 4.78 is 0. The summed E-state index contributed by atoms with van der Waals surface area (Å²) in [5.41, 5.74) is 3.71. The highest BCUT2D eigenvalue weighted by atomic mass is 16.3. The molecule has 0 spiro atoms. The van der Waals surface area contributed by atoms with E-state index in [-0.39, 0.29) is 0 Å². The third-order valence-corrected chi connectivity index (χ3v) is 3.71. The highest BCUT2D eigenvalue weighted by molar-refractivity contribution is 5.29. The maximum absolute atomic E-state index is 10.2. The zero-order valence-corrected chi connectivity index (χ0v) is 10.9. The van der Waals surface area contributed by atoms with Crippen LogP contribution in [0.1, 0.15) is 22.8 Å². The molecule has 1 atom stereocenters. The van der Waals surface area contributed by atoms with Gasteiger partial charge in [0.25, 0.3) is 0 Å². The highest BCUT2D eigenvalue weighted by Crippen LogP contribution is 2.21. The van der Waals surface area contributed by atoms with Gasteiger partial charge < -0.3 is 5.11 Å². The standard InChI is InChI=1S/C16H18N2O/c19-16(14-6-3-8-17-10-14)12-18-9-7-13-4-1-2-5-15(13)11-18/h1-6,8,10,16,19H,7,9,11-12H2. The lowest BCUT2D eigenvalue weighted by molar-refractivity contribution is 0.106. The number of hydrogen-bond donors (Lipinski definition) is 1. The van der Waals surface area contributed by atoms with Gasteiger partial charge in [0.2, 0.25) is 0 Å². The first kappa shape index (κ1) is 12.3. The number of nitrogens with zero attached hydrogens (tertiary/aromatic N) is 2. The molecule has 1 aliphatic rings. The van der Waals surface area contributed by atoms with E-state index < -0.39 is 6.10 Å². The van der Waals surface area contributed by atoms with E-state index in [2.05, 4.69) is 34.1 Å². The Kier molecular flexibility index (Phi) is 3.58. The summed E-state index contributed by atoms with van der Waals surface area (Å²) in [6, 6.07) is 12.3. The van der Waals surface area contributed by atoms with Crippen LogP contribution in [0.5, 0.6) is 0 Å². The molecule has 1 N–H and O–H groups in total. The molecule has 1 aromatic carbocycles. The van der Waals surface area contributed by atoms with E-state index in [1.54, 1.807) is 12.4 Å². The Morgan fingerprint density at radius 1 is 1.16 bits per heavy atom. The molecule has 1 aromatic heterocycles. The number of aliphatic hydroxyl groups is 1. The summed E-state index contributed by atoms with van der Waals surface area (Å²) >= 11 is 0. The first-order valence-electron chi connectivity index (χ1n) is 6.70. The second-order valence-electron chi connectivity index (χ2n) is 5.06. The summed E-state index contributed by atoms with van der Waals surface area (Å²) in [6.45, 7) is 2.60. The third-order valence-electron chi connectivity index (χ3n) is 3.71. The number of hydrogen-bond acceptors (Lipinski definition) is 3. The van der Waals surface area contributed by atoms with Crippen molar-refractivity contribution in [1.29, 1.82) is 0 Å². The van der Waals surface area contributed by atoms with Crippen molar-refractivity contribution in [1.82, 2.24) is 9.88 Å². The van der Waals surface area contributed by atoms with Gasteiger partial charge in [-0.1, -0.05) is 30.3 Å². The van der Waals surface area contributed by atoms with Crippen LogP contribution in [0, 0.1) is 0 Å². The van der Waals surface area contributed by atoms with Crippen LogP contribution >= 0.6 is 0 Å². The van der Waals surface area contributed by atoms with Gasteiger partial charge in [0.15, 0.2) is 0 Å². The van der Waals surface area contributed by atoms with Gasteiger partial charge in [-0.3, -0.25) is 9.88 Å². The summed E-state index contributed by atoms with van der Waals surface area (Å²) in [6.07, 6.45) is 4.07. The predicted octanol–water partition coefficient (Wildman–Crippen LogP) is 2.17. The van der Waals surface area contributed by atoms with Gasteiger partial charge in [-0.15, -0.1) is 0 Å². The van der Waals surface area contributed by atoms with E-state index in [4.69, 9.17) is 0 Å². The average molecular weight is 254 g/mol. The van der Waals surface area contributed by atoms with Crippen LogP contribution < -0.4 is 0 Å². The molecule has 19 heavy (non-hydrogen) atoms. The number of pyridine rings is 1. The van der Waals surface area contributed by atoms with Crippen LogP contribution in [0.2, 0.25) is 0 Å². The van der Waals surface area contributed by atoms with E-state index in [1.807, 2.05) is 12.1 Å². The maximum Gasteiger partial charge on any atom is 0.0931 e. The Bertz CT molecular complexity index is 541. The number of fused-ring (bicyclic) bond motifs is 1. The smallest absolute Gasteiger partial charge is 0.0931 e. The van der Waals surface area contributed by atoms with Gasteiger partial charge in [0.1, 0.15) is 0 Å². The fraction of sp³-hybridized carbons (Fsp3) is 0.312. The molecule has 0 saturated heterocycles. The summed E-state index contributed by atoms with van der Waals surface area (Å²) in [5, 5.41) is 10.2. The molecule has 98 valence electrons. The minimum atomic E-state index is -0.459. The molecule has 1 unspecified atom stereocenters. The fourth-order valence-corrected chi connectivity index (χ4v) is 2.63. The molecule has 2 aromatic rings. The van der Waals surface area contributed by atoms with E-state index >= 15 is 0 Å². The van der Waals surface area contributed by atoms with Crippen LogP contribution in [0.15, 0.2) is 48.8 Å². The fourth-order valence-electron chi connectivity index (χ4n) is 2.63. The van der Waals surface area contributed by atoms with E-state index in [0.717, 1.165) is 25.1 Å². The van der Waals surface area contributed by atoms with E-state index in [1.165, 1.54) is 11.1 Å². The zero-order valence-electron chi connectivity index (χ0n) is 10.9. The Labute approximate surface area is 113 Å². The maximum atomic E-state index is 10.2. The molecular formula is C16H18N2O. The topological polar surface area (TPSA) is 36.4 Å². The minimum Gasteiger partial charge on any atom is -0.387 e. The number of β-amino-alcohol motifs (C(OH)–C–C–N with tert-alkyl or cyclic N) is 1. The van der Waals surface area contributed by atoms with Gasteiger partial charge in [-0.2, -0.15) is 0 Å². The molecule has 0 aliphatic carbocycles. The lowest BCUT2D eigenvalue weighted by atomic mass is 9.99. The molecular weight excluding hydrogens is 236 g/mol. The number of aliphatic hydroxyl groups excluding tert-OH is 1. The molecule has 1 aliphatic heterocycles. The molecule has 0 saturated carbocycles. The lowest BCUT2D eigenvalue weighted by Gasteiger charge is -2.30. The van der Waals surface area contributed by atoms with Crippen molar-refractivity contribution in [3.8, 4) is 0 Å². The van der Waals surface area contributed by atoms with Crippen molar-refractivity contribution in [2.24, 2.45) is 0 Å². The van der Waals surface area contributed by atoms with Crippen LogP contribution in [0.4, 0.5) is 0 Å². The van der Waals surface area contributed by atoms with Gasteiger partial charge in [0.05, 0.1) is 6.10 Å². The van der Waals surface area contributed by atoms with Gasteiger partial charge in [-0.05, 0) is 23.6 Å².